The second-order valence-corrected chi connectivity index (χ2v) is 5.40. The molecule has 118 valence electrons. The molecule has 1 heterocycles. The van der Waals surface area contributed by atoms with Crippen LogP contribution in [0.15, 0.2) is 36.7 Å². The van der Waals surface area contributed by atoms with Gasteiger partial charge in [-0.15, -0.1) is 0 Å². The molecule has 0 radical (unpaired) electrons. The van der Waals surface area contributed by atoms with Crippen LogP contribution < -0.4 is 5.32 Å². The lowest BCUT2D eigenvalue weighted by Gasteiger charge is -2.25. The van der Waals surface area contributed by atoms with Crippen molar-refractivity contribution in [2.45, 2.75) is 32.3 Å². The normalized spacial score (nSPS) is 11.5. The number of halogens is 1. The molecule has 0 bridgehead atoms. The topological polar surface area (TPSA) is 65.1 Å². The Morgan fingerprint density at radius 3 is 2.45 bits per heavy atom. The van der Waals surface area contributed by atoms with Gasteiger partial charge in [0.1, 0.15) is 5.82 Å². The van der Waals surface area contributed by atoms with Gasteiger partial charge in [0, 0.05) is 24.5 Å². The van der Waals surface area contributed by atoms with E-state index in [2.05, 4.69) is 10.3 Å². The molecular weight excluding hydrogens is 283 g/mol. The molecule has 0 aliphatic rings. The third-order valence-corrected chi connectivity index (χ3v) is 4.04. The zero-order chi connectivity index (χ0) is 16.2. The van der Waals surface area contributed by atoms with E-state index in [4.69, 9.17) is 0 Å². The number of amides is 1. The minimum absolute atomic E-state index is 0.201. The average molecular weight is 304 g/mol. The molecule has 2 rings (SSSR count). The predicted molar refractivity (Wildman–Crippen MR) is 84.1 cm³/mol. The zero-order valence-electron chi connectivity index (χ0n) is 12.8. The predicted octanol–water partition coefficient (Wildman–Crippen LogP) is 3.10. The Morgan fingerprint density at radius 1 is 1.23 bits per heavy atom. The van der Waals surface area contributed by atoms with E-state index < -0.39 is 5.60 Å². The Balaban J connectivity index is 2.15. The van der Waals surface area contributed by atoms with Gasteiger partial charge in [-0.2, -0.15) is 0 Å². The highest BCUT2D eigenvalue weighted by Gasteiger charge is 2.24. The standard InChI is InChI=1S/C17H21FN2O2/c1-3-17(22,4-2)11-20-16(21)15-10-19-9-14(15)12-5-7-13(18)8-6-12/h5-10,19,22H,3-4,11H2,1-2H3,(H,20,21). The van der Waals surface area contributed by atoms with Gasteiger partial charge in [0.2, 0.25) is 0 Å². The molecule has 1 amide bonds. The molecule has 1 aromatic heterocycles. The van der Waals surface area contributed by atoms with E-state index >= 15 is 0 Å². The van der Waals surface area contributed by atoms with Gasteiger partial charge in [0.15, 0.2) is 0 Å². The second kappa shape index (κ2) is 6.75. The van der Waals surface area contributed by atoms with Crippen LogP contribution in [-0.4, -0.2) is 28.1 Å². The lowest BCUT2D eigenvalue weighted by molar-refractivity contribution is 0.0314. The molecule has 22 heavy (non-hydrogen) atoms. The van der Waals surface area contributed by atoms with Crippen molar-refractivity contribution in [2.24, 2.45) is 0 Å². The second-order valence-electron chi connectivity index (χ2n) is 5.40. The van der Waals surface area contributed by atoms with E-state index in [-0.39, 0.29) is 18.3 Å². The smallest absolute Gasteiger partial charge is 0.253 e. The van der Waals surface area contributed by atoms with Crippen molar-refractivity contribution in [1.82, 2.24) is 10.3 Å². The van der Waals surface area contributed by atoms with Crippen LogP contribution in [0.3, 0.4) is 0 Å². The molecule has 0 fully saturated rings. The van der Waals surface area contributed by atoms with E-state index in [1.54, 1.807) is 24.5 Å². The van der Waals surface area contributed by atoms with Crippen molar-refractivity contribution >= 4 is 5.91 Å². The molecule has 0 unspecified atom stereocenters. The fraction of sp³-hybridized carbons (Fsp3) is 0.353. The zero-order valence-corrected chi connectivity index (χ0v) is 12.8. The van der Waals surface area contributed by atoms with Crippen molar-refractivity contribution in [3.8, 4) is 11.1 Å². The van der Waals surface area contributed by atoms with E-state index in [1.807, 2.05) is 13.8 Å². The van der Waals surface area contributed by atoms with Crippen LogP contribution in [0.4, 0.5) is 4.39 Å². The number of nitrogens with one attached hydrogen (secondary N) is 2. The SMILES string of the molecule is CCC(O)(CC)CNC(=O)c1c[nH]cc1-c1ccc(F)cc1. The summed E-state index contributed by atoms with van der Waals surface area (Å²) in [5.41, 5.74) is 1.05. The fourth-order valence-corrected chi connectivity index (χ4v) is 2.26. The highest BCUT2D eigenvalue weighted by Crippen LogP contribution is 2.24. The van der Waals surface area contributed by atoms with Crippen LogP contribution in [-0.2, 0) is 0 Å². The van der Waals surface area contributed by atoms with Crippen LogP contribution in [0.5, 0.6) is 0 Å². The number of benzene rings is 1. The summed E-state index contributed by atoms with van der Waals surface area (Å²) in [5.74, 6) is -0.581. The van der Waals surface area contributed by atoms with Crippen LogP contribution >= 0.6 is 0 Å². The summed E-state index contributed by atoms with van der Waals surface area (Å²) in [7, 11) is 0. The summed E-state index contributed by atoms with van der Waals surface area (Å²) in [5, 5.41) is 13.0. The van der Waals surface area contributed by atoms with Crippen molar-refractivity contribution < 1.29 is 14.3 Å². The Labute approximate surface area is 129 Å². The summed E-state index contributed by atoms with van der Waals surface area (Å²) in [6.07, 6.45) is 4.45. The fourth-order valence-electron chi connectivity index (χ4n) is 2.26. The van der Waals surface area contributed by atoms with Gasteiger partial charge in [0.25, 0.3) is 5.91 Å². The lowest BCUT2D eigenvalue weighted by Crippen LogP contribution is -2.42. The van der Waals surface area contributed by atoms with Crippen LogP contribution in [0.1, 0.15) is 37.0 Å². The molecule has 0 saturated carbocycles. The first-order valence-electron chi connectivity index (χ1n) is 7.42. The molecule has 0 saturated heterocycles. The molecule has 0 atom stereocenters. The summed E-state index contributed by atoms with van der Waals surface area (Å²) < 4.78 is 13.0. The van der Waals surface area contributed by atoms with Gasteiger partial charge in [-0.1, -0.05) is 26.0 Å². The Bertz CT molecular complexity index is 630. The monoisotopic (exact) mass is 304 g/mol. The largest absolute Gasteiger partial charge is 0.388 e. The number of carbonyl (C=O) groups is 1. The summed E-state index contributed by atoms with van der Waals surface area (Å²) in [4.78, 5) is 15.2. The lowest BCUT2D eigenvalue weighted by atomic mass is 9.97. The first kappa shape index (κ1) is 16.2. The maximum absolute atomic E-state index is 13.0. The molecule has 0 aliphatic heterocycles. The summed E-state index contributed by atoms with van der Waals surface area (Å²) >= 11 is 0. The Morgan fingerprint density at radius 2 is 1.86 bits per heavy atom. The third-order valence-electron chi connectivity index (χ3n) is 4.04. The molecule has 4 nitrogen and oxygen atoms in total. The number of hydrogen-bond acceptors (Lipinski definition) is 2. The number of carbonyl (C=O) groups excluding carboxylic acids is 1. The van der Waals surface area contributed by atoms with Crippen LogP contribution in [0.25, 0.3) is 11.1 Å². The van der Waals surface area contributed by atoms with Gasteiger partial charge in [-0.25, -0.2) is 4.39 Å². The summed E-state index contributed by atoms with van der Waals surface area (Å²) in [6, 6.07) is 5.97. The quantitative estimate of drug-likeness (QED) is 0.768. The van der Waals surface area contributed by atoms with Crippen molar-refractivity contribution in [2.75, 3.05) is 6.54 Å². The van der Waals surface area contributed by atoms with E-state index in [0.717, 1.165) is 5.56 Å². The molecule has 5 heteroatoms. The van der Waals surface area contributed by atoms with Gasteiger partial charge in [0.05, 0.1) is 11.2 Å². The number of aromatic nitrogens is 1. The van der Waals surface area contributed by atoms with Crippen LogP contribution in [0.2, 0.25) is 0 Å². The van der Waals surface area contributed by atoms with Gasteiger partial charge >= 0.3 is 0 Å². The van der Waals surface area contributed by atoms with Gasteiger partial charge in [-0.3, -0.25) is 4.79 Å². The number of rotatable bonds is 6. The van der Waals surface area contributed by atoms with E-state index in [1.165, 1.54) is 12.1 Å². The maximum atomic E-state index is 13.0. The Hall–Kier alpha value is -2.14. The molecule has 1 aromatic carbocycles. The van der Waals surface area contributed by atoms with Crippen molar-refractivity contribution in [1.29, 1.82) is 0 Å². The molecule has 0 aliphatic carbocycles. The minimum atomic E-state index is -0.887. The Kier molecular flexibility index (Phi) is 4.98. The van der Waals surface area contributed by atoms with Gasteiger partial charge in [-0.05, 0) is 30.5 Å². The number of aliphatic hydroxyl groups is 1. The van der Waals surface area contributed by atoms with Crippen LogP contribution in [0, 0.1) is 5.82 Å². The maximum Gasteiger partial charge on any atom is 0.253 e. The first-order chi connectivity index (χ1) is 10.5. The van der Waals surface area contributed by atoms with Crippen molar-refractivity contribution in [3.63, 3.8) is 0 Å². The highest BCUT2D eigenvalue weighted by molar-refractivity contribution is 6.00. The van der Waals surface area contributed by atoms with Crippen molar-refractivity contribution in [3.05, 3.63) is 48.0 Å². The molecule has 2 aromatic rings. The third kappa shape index (κ3) is 3.54. The van der Waals surface area contributed by atoms with Gasteiger partial charge < -0.3 is 15.4 Å². The molecule has 0 spiro atoms. The first-order valence-corrected chi connectivity index (χ1v) is 7.42. The highest BCUT2D eigenvalue weighted by atomic mass is 19.1. The number of aromatic amines is 1. The minimum Gasteiger partial charge on any atom is -0.388 e. The van der Waals surface area contributed by atoms with E-state index in [0.29, 0.717) is 24.0 Å². The van der Waals surface area contributed by atoms with E-state index in [9.17, 15) is 14.3 Å². The number of hydrogen-bond donors (Lipinski definition) is 3. The average Bonchev–Trinajstić information content (AvgIpc) is 3.02. The number of H-pyrrole nitrogens is 1. The summed E-state index contributed by atoms with van der Waals surface area (Å²) in [6.45, 7) is 3.97. The molecular formula is C17H21FN2O2. The molecule has 3 N–H and O–H groups in total.